The van der Waals surface area contributed by atoms with E-state index in [-0.39, 0.29) is 18.0 Å². The van der Waals surface area contributed by atoms with E-state index in [0.29, 0.717) is 37.7 Å². The van der Waals surface area contributed by atoms with Crippen molar-refractivity contribution in [1.82, 2.24) is 24.6 Å². The average Bonchev–Trinajstić information content (AvgIpc) is 3.23. The van der Waals surface area contributed by atoms with Gasteiger partial charge in [-0.3, -0.25) is 4.79 Å². The zero-order chi connectivity index (χ0) is 16.5. The van der Waals surface area contributed by atoms with Crippen LogP contribution in [0.4, 0.5) is 4.39 Å². The standard InChI is InChI=1S/C15H16FN5O3/c16-10-7-17-15(18-8-10)24-11-2-4-20(9-11)14(22)12-6-13-21(19-12)3-1-5-23-13/h6-8,11H,1-5,9H2/t11-/m0/s1. The van der Waals surface area contributed by atoms with Crippen molar-refractivity contribution in [1.29, 1.82) is 0 Å². The van der Waals surface area contributed by atoms with E-state index >= 15 is 0 Å². The van der Waals surface area contributed by atoms with Crippen LogP contribution >= 0.6 is 0 Å². The number of likely N-dealkylation sites (tertiary alicyclic amines) is 1. The number of amides is 1. The van der Waals surface area contributed by atoms with Crippen LogP contribution in [0.1, 0.15) is 23.3 Å². The molecule has 0 N–H and O–H groups in total. The lowest BCUT2D eigenvalue weighted by molar-refractivity contribution is 0.0763. The second-order valence-corrected chi connectivity index (χ2v) is 5.76. The number of aromatic nitrogens is 4. The molecule has 126 valence electrons. The smallest absolute Gasteiger partial charge is 0.316 e. The lowest BCUT2D eigenvalue weighted by atomic mass is 10.3. The molecule has 0 aromatic carbocycles. The molecular formula is C15H16FN5O3. The van der Waals surface area contributed by atoms with Gasteiger partial charge in [-0.2, -0.15) is 5.10 Å². The van der Waals surface area contributed by atoms with Gasteiger partial charge in [0.1, 0.15) is 6.10 Å². The Hall–Kier alpha value is -2.71. The summed E-state index contributed by atoms with van der Waals surface area (Å²) < 4.78 is 25.6. The predicted octanol–water partition coefficient (Wildman–Crippen LogP) is 0.888. The van der Waals surface area contributed by atoms with Gasteiger partial charge in [0.25, 0.3) is 5.91 Å². The number of halogens is 1. The van der Waals surface area contributed by atoms with Crippen LogP contribution in [0.2, 0.25) is 0 Å². The first-order chi connectivity index (χ1) is 11.7. The molecule has 2 aromatic heterocycles. The molecule has 1 atom stereocenters. The lowest BCUT2D eigenvalue weighted by Gasteiger charge is -2.15. The van der Waals surface area contributed by atoms with Crippen LogP contribution in [-0.4, -0.2) is 56.4 Å². The van der Waals surface area contributed by atoms with Crippen LogP contribution < -0.4 is 9.47 Å². The highest BCUT2D eigenvalue weighted by Crippen LogP contribution is 2.22. The monoisotopic (exact) mass is 333 g/mol. The highest BCUT2D eigenvalue weighted by atomic mass is 19.1. The fourth-order valence-corrected chi connectivity index (χ4v) is 2.85. The molecule has 4 rings (SSSR count). The summed E-state index contributed by atoms with van der Waals surface area (Å²) in [4.78, 5) is 21.8. The van der Waals surface area contributed by atoms with Crippen molar-refractivity contribution in [2.24, 2.45) is 0 Å². The molecule has 0 unspecified atom stereocenters. The second kappa shape index (κ2) is 6.06. The molecule has 2 aliphatic heterocycles. The topological polar surface area (TPSA) is 82.4 Å². The molecule has 4 heterocycles. The summed E-state index contributed by atoms with van der Waals surface area (Å²) in [7, 11) is 0. The van der Waals surface area contributed by atoms with Crippen molar-refractivity contribution in [2.75, 3.05) is 19.7 Å². The van der Waals surface area contributed by atoms with E-state index in [4.69, 9.17) is 9.47 Å². The number of nitrogens with zero attached hydrogens (tertiary/aromatic N) is 5. The Labute approximate surface area is 137 Å². The van der Waals surface area contributed by atoms with Crippen molar-refractivity contribution in [3.63, 3.8) is 0 Å². The van der Waals surface area contributed by atoms with Gasteiger partial charge in [0.15, 0.2) is 11.5 Å². The summed E-state index contributed by atoms with van der Waals surface area (Å²) in [5, 5.41) is 4.31. The summed E-state index contributed by atoms with van der Waals surface area (Å²) in [6, 6.07) is 1.79. The first-order valence-electron chi connectivity index (χ1n) is 7.83. The van der Waals surface area contributed by atoms with Gasteiger partial charge >= 0.3 is 6.01 Å². The Balaban J connectivity index is 1.39. The van der Waals surface area contributed by atoms with Gasteiger partial charge in [0.2, 0.25) is 5.88 Å². The zero-order valence-electron chi connectivity index (χ0n) is 12.9. The lowest BCUT2D eigenvalue weighted by Crippen LogP contribution is -2.31. The molecule has 9 heteroatoms. The largest absolute Gasteiger partial charge is 0.478 e. The number of hydrogen-bond acceptors (Lipinski definition) is 6. The van der Waals surface area contributed by atoms with Crippen molar-refractivity contribution in [2.45, 2.75) is 25.5 Å². The Morgan fingerprint density at radius 1 is 1.33 bits per heavy atom. The van der Waals surface area contributed by atoms with E-state index in [1.165, 1.54) is 0 Å². The molecule has 1 amide bonds. The Morgan fingerprint density at radius 2 is 2.17 bits per heavy atom. The molecule has 1 saturated heterocycles. The number of hydrogen-bond donors (Lipinski definition) is 0. The van der Waals surface area contributed by atoms with Gasteiger partial charge in [-0.25, -0.2) is 19.0 Å². The molecule has 2 aromatic rings. The Morgan fingerprint density at radius 3 is 2.96 bits per heavy atom. The third kappa shape index (κ3) is 2.89. The molecule has 0 bridgehead atoms. The third-order valence-electron chi connectivity index (χ3n) is 4.03. The van der Waals surface area contributed by atoms with E-state index in [2.05, 4.69) is 15.1 Å². The summed E-state index contributed by atoms with van der Waals surface area (Å²) >= 11 is 0. The van der Waals surface area contributed by atoms with Gasteiger partial charge < -0.3 is 14.4 Å². The zero-order valence-corrected chi connectivity index (χ0v) is 12.9. The van der Waals surface area contributed by atoms with Crippen LogP contribution in [0, 0.1) is 5.82 Å². The fraction of sp³-hybridized carbons (Fsp3) is 0.467. The summed E-state index contributed by atoms with van der Waals surface area (Å²) in [6.45, 7) is 2.39. The van der Waals surface area contributed by atoms with Gasteiger partial charge in [-0.05, 0) is 0 Å². The van der Waals surface area contributed by atoms with E-state index in [1.54, 1.807) is 15.6 Å². The van der Waals surface area contributed by atoms with Crippen molar-refractivity contribution >= 4 is 5.91 Å². The number of carbonyl (C=O) groups is 1. The van der Waals surface area contributed by atoms with E-state index < -0.39 is 5.82 Å². The number of ether oxygens (including phenoxy) is 2. The fourth-order valence-electron chi connectivity index (χ4n) is 2.85. The molecule has 1 fully saturated rings. The number of rotatable bonds is 3. The molecule has 8 nitrogen and oxygen atoms in total. The van der Waals surface area contributed by atoms with Gasteiger partial charge in [-0.15, -0.1) is 0 Å². The molecule has 24 heavy (non-hydrogen) atoms. The number of fused-ring (bicyclic) bond motifs is 1. The number of carbonyl (C=O) groups excluding carboxylic acids is 1. The van der Waals surface area contributed by atoms with Crippen LogP contribution in [-0.2, 0) is 6.54 Å². The highest BCUT2D eigenvalue weighted by molar-refractivity contribution is 5.92. The SMILES string of the molecule is O=C(c1cc2n(n1)CCCO2)N1CC[C@H](Oc2ncc(F)cn2)C1. The maximum atomic E-state index is 12.8. The molecule has 0 radical (unpaired) electrons. The van der Waals surface area contributed by atoms with Crippen LogP contribution in [0.5, 0.6) is 11.9 Å². The highest BCUT2D eigenvalue weighted by Gasteiger charge is 2.31. The van der Waals surface area contributed by atoms with Gasteiger partial charge in [0, 0.05) is 32.0 Å². The maximum Gasteiger partial charge on any atom is 0.316 e. The summed E-state index contributed by atoms with van der Waals surface area (Å²) in [5.41, 5.74) is 0.380. The molecule has 0 spiro atoms. The molecular weight excluding hydrogens is 317 g/mol. The minimum atomic E-state index is -0.517. The van der Waals surface area contributed by atoms with E-state index in [1.807, 2.05) is 0 Å². The Bertz CT molecular complexity index is 725. The molecule has 0 saturated carbocycles. The summed E-state index contributed by atoms with van der Waals surface area (Å²) in [6.07, 6.45) is 3.44. The minimum Gasteiger partial charge on any atom is -0.478 e. The minimum absolute atomic E-state index is 0.113. The predicted molar refractivity (Wildman–Crippen MR) is 79.3 cm³/mol. The van der Waals surface area contributed by atoms with Crippen molar-refractivity contribution < 1.29 is 18.7 Å². The van der Waals surface area contributed by atoms with Crippen LogP contribution in [0.25, 0.3) is 0 Å². The first-order valence-corrected chi connectivity index (χ1v) is 7.83. The third-order valence-corrected chi connectivity index (χ3v) is 4.03. The van der Waals surface area contributed by atoms with Crippen LogP contribution in [0.15, 0.2) is 18.5 Å². The molecule has 0 aliphatic carbocycles. The second-order valence-electron chi connectivity index (χ2n) is 5.76. The summed E-state index contributed by atoms with van der Waals surface area (Å²) in [5.74, 6) is -0.0283. The quantitative estimate of drug-likeness (QED) is 0.830. The van der Waals surface area contributed by atoms with E-state index in [9.17, 15) is 9.18 Å². The van der Waals surface area contributed by atoms with Gasteiger partial charge in [0.05, 0.1) is 25.5 Å². The number of aryl methyl sites for hydroxylation is 1. The normalized spacial score (nSPS) is 19.7. The Kier molecular flexibility index (Phi) is 3.75. The van der Waals surface area contributed by atoms with Gasteiger partial charge in [-0.1, -0.05) is 0 Å². The average molecular weight is 333 g/mol. The first kappa shape index (κ1) is 14.9. The van der Waals surface area contributed by atoms with Crippen LogP contribution in [0.3, 0.4) is 0 Å². The van der Waals surface area contributed by atoms with E-state index in [0.717, 1.165) is 25.4 Å². The van der Waals surface area contributed by atoms with Crippen molar-refractivity contribution in [3.05, 3.63) is 30.0 Å². The maximum absolute atomic E-state index is 12.8. The molecule has 2 aliphatic rings. The van der Waals surface area contributed by atoms with Crippen molar-refractivity contribution in [3.8, 4) is 11.9 Å².